The summed E-state index contributed by atoms with van der Waals surface area (Å²) in [6, 6.07) is 0. The maximum absolute atomic E-state index is 2.88. The highest BCUT2D eigenvalue weighted by molar-refractivity contribution is 6.39. The van der Waals surface area contributed by atoms with Crippen molar-refractivity contribution in [2.75, 3.05) is 0 Å². The molecule has 0 aromatic rings. The summed E-state index contributed by atoms with van der Waals surface area (Å²) in [6.07, 6.45) is 31.3. The van der Waals surface area contributed by atoms with Gasteiger partial charge in [-0.1, -0.05) is 153 Å². The van der Waals surface area contributed by atoms with Crippen molar-refractivity contribution < 1.29 is 0 Å². The average Bonchev–Trinajstić information content (AvgIpc) is 2.61. The largest absolute Gasteiger partial charge is 0.117 e. The van der Waals surface area contributed by atoms with Gasteiger partial charge in [-0.15, -0.1) is 0 Å². The maximum atomic E-state index is 2.88. The van der Waals surface area contributed by atoms with Crippen molar-refractivity contribution in [3.63, 3.8) is 0 Å². The lowest BCUT2D eigenvalue weighted by molar-refractivity contribution is 0.418. The van der Waals surface area contributed by atoms with Gasteiger partial charge in [-0.2, -0.15) is 0 Å². The Labute approximate surface area is 166 Å². The molecule has 0 amide bonds. The second-order valence-corrected chi connectivity index (χ2v) is 9.85. The topological polar surface area (TPSA) is 0 Å². The van der Waals surface area contributed by atoms with Gasteiger partial charge >= 0.3 is 0 Å². The summed E-state index contributed by atoms with van der Waals surface area (Å²) in [6.45, 7) is 2.50. The van der Waals surface area contributed by atoms with E-state index in [-0.39, 0.29) is 0 Å². The van der Waals surface area contributed by atoms with E-state index in [1.54, 1.807) is 0 Å². The highest BCUT2D eigenvalue weighted by Crippen LogP contribution is 2.33. The van der Waals surface area contributed by atoms with Gasteiger partial charge in [0.05, 0.1) is 0 Å². The minimum atomic E-state index is 0.930. The number of hydrogen-bond donors (Lipinski definition) is 0. The van der Waals surface area contributed by atoms with E-state index in [2.05, 4.69) is 14.2 Å². The first-order valence-corrected chi connectivity index (χ1v) is 12.7. The zero-order valence-electron chi connectivity index (χ0n) is 18.2. The molecule has 1 radical (unpaired) electrons. The first kappa shape index (κ1) is 22.4. The van der Waals surface area contributed by atoms with E-state index in [0.717, 1.165) is 17.6 Å². The Morgan fingerprint density at radius 1 is 0.385 bits per heavy atom. The highest BCUT2D eigenvalue weighted by atomic mass is 14.1. The quantitative estimate of drug-likeness (QED) is 0.431. The molecule has 2 aliphatic carbocycles. The Hall–Kier alpha value is 0.0649. The highest BCUT2D eigenvalue weighted by Gasteiger charge is 2.19. The van der Waals surface area contributed by atoms with E-state index < -0.39 is 0 Å². The maximum Gasteiger partial charge on any atom is 0.117 e. The van der Waals surface area contributed by atoms with Crippen LogP contribution < -0.4 is 0 Å². The smallest absolute Gasteiger partial charge is 0.0686 e. The van der Waals surface area contributed by atoms with Crippen LogP contribution in [0.4, 0.5) is 0 Å². The second-order valence-electron chi connectivity index (χ2n) is 9.85. The fourth-order valence-electron chi connectivity index (χ4n) is 5.41. The molecule has 2 fully saturated rings. The fraction of sp³-hybridized carbons (Fsp3) is 1.00. The van der Waals surface area contributed by atoms with E-state index in [1.807, 2.05) is 0 Å². The normalized spacial score (nSPS) is 30.2. The van der Waals surface area contributed by atoms with Crippen molar-refractivity contribution in [2.24, 2.45) is 5.92 Å². The molecule has 2 rings (SSSR count). The van der Waals surface area contributed by atoms with E-state index in [4.69, 9.17) is 0 Å². The van der Waals surface area contributed by atoms with E-state index in [1.165, 1.54) is 135 Å². The van der Waals surface area contributed by atoms with Gasteiger partial charge in [-0.05, 0) is 5.92 Å². The molecule has 0 N–H and O–H groups in total. The lowest BCUT2D eigenvalue weighted by Gasteiger charge is -2.24. The summed E-state index contributed by atoms with van der Waals surface area (Å²) in [5.74, 6) is 2.83. The first-order chi connectivity index (χ1) is 12.8. The zero-order valence-corrected chi connectivity index (χ0v) is 18.2. The summed E-state index contributed by atoms with van der Waals surface area (Å²) < 4.78 is 0. The molecule has 0 nitrogen and oxygen atoms in total. The molecule has 2 saturated carbocycles. The molecule has 0 aromatic heterocycles. The Morgan fingerprint density at radius 3 is 1.15 bits per heavy atom. The molecule has 0 bridgehead atoms. The lowest BCUT2D eigenvalue weighted by atomic mass is 9.50. The molecular weight excluding hydrogens is 311 g/mol. The molecule has 0 spiro atoms. The average molecular weight is 359 g/mol. The van der Waals surface area contributed by atoms with Gasteiger partial charge in [-0.3, -0.25) is 0 Å². The van der Waals surface area contributed by atoms with Gasteiger partial charge in [0.1, 0.15) is 7.28 Å². The van der Waals surface area contributed by atoms with Crippen LogP contribution in [-0.2, 0) is 0 Å². The van der Waals surface area contributed by atoms with Crippen LogP contribution in [0.5, 0.6) is 0 Å². The van der Waals surface area contributed by atoms with Crippen LogP contribution in [0.25, 0.3) is 0 Å². The van der Waals surface area contributed by atoms with E-state index >= 15 is 0 Å². The first-order valence-electron chi connectivity index (χ1n) is 12.7. The van der Waals surface area contributed by atoms with Crippen LogP contribution in [0.2, 0.25) is 11.6 Å². The van der Waals surface area contributed by atoms with Crippen molar-refractivity contribution >= 4 is 7.28 Å². The Balaban J connectivity index is 1.78. The van der Waals surface area contributed by atoms with Crippen LogP contribution in [0, 0.1) is 5.92 Å². The standard InChI is InChI=1S/C25H48B/c1-23-17-12-8-7-11-15-21-25(22-16-18-23)26-24-19-13-9-5-3-2-4-6-10-14-20-24/h23-25H,2-22H2,1H3. The van der Waals surface area contributed by atoms with E-state index in [9.17, 15) is 0 Å². The third-order valence-electron chi connectivity index (χ3n) is 7.24. The predicted molar refractivity (Wildman–Crippen MR) is 119 cm³/mol. The molecular formula is C25H48B. The number of rotatable bonds is 2. The summed E-state index contributed by atoms with van der Waals surface area (Å²) >= 11 is 0. The van der Waals surface area contributed by atoms with Gasteiger partial charge in [-0.25, -0.2) is 0 Å². The minimum absolute atomic E-state index is 0.930. The molecule has 2 atom stereocenters. The third kappa shape index (κ3) is 11.0. The van der Waals surface area contributed by atoms with Gasteiger partial charge in [0.25, 0.3) is 0 Å². The summed E-state index contributed by atoms with van der Waals surface area (Å²) in [7, 11) is 2.88. The lowest BCUT2D eigenvalue weighted by Crippen LogP contribution is -2.13. The van der Waals surface area contributed by atoms with Crippen molar-refractivity contribution in [1.82, 2.24) is 0 Å². The van der Waals surface area contributed by atoms with Crippen molar-refractivity contribution in [3.05, 3.63) is 0 Å². The molecule has 0 aromatic carbocycles. The van der Waals surface area contributed by atoms with Gasteiger partial charge in [0.2, 0.25) is 0 Å². The molecule has 1 heteroatoms. The molecule has 0 aliphatic heterocycles. The van der Waals surface area contributed by atoms with Gasteiger partial charge < -0.3 is 0 Å². The second kappa shape index (κ2) is 15.0. The molecule has 0 heterocycles. The Morgan fingerprint density at radius 2 is 0.692 bits per heavy atom. The Bertz CT molecular complexity index is 301. The van der Waals surface area contributed by atoms with Crippen LogP contribution in [-0.4, -0.2) is 7.28 Å². The van der Waals surface area contributed by atoms with Crippen LogP contribution in [0.15, 0.2) is 0 Å². The van der Waals surface area contributed by atoms with Crippen molar-refractivity contribution in [3.8, 4) is 0 Å². The fourth-order valence-corrected chi connectivity index (χ4v) is 5.41. The minimum Gasteiger partial charge on any atom is -0.0686 e. The van der Waals surface area contributed by atoms with E-state index in [0.29, 0.717) is 0 Å². The van der Waals surface area contributed by atoms with Crippen LogP contribution in [0.1, 0.15) is 142 Å². The molecule has 2 unspecified atom stereocenters. The SMILES string of the molecule is CC1CCCCCCCC([B]C2CCCCCCCCCCC2)CCC1. The van der Waals surface area contributed by atoms with Crippen molar-refractivity contribution in [2.45, 2.75) is 153 Å². The monoisotopic (exact) mass is 359 g/mol. The zero-order chi connectivity index (χ0) is 18.3. The molecule has 0 saturated heterocycles. The molecule has 2 aliphatic rings. The van der Waals surface area contributed by atoms with Gasteiger partial charge in [0, 0.05) is 0 Å². The number of hydrogen-bond acceptors (Lipinski definition) is 0. The third-order valence-corrected chi connectivity index (χ3v) is 7.24. The summed E-state index contributed by atoms with van der Waals surface area (Å²) in [5.41, 5.74) is 0. The van der Waals surface area contributed by atoms with Crippen LogP contribution >= 0.6 is 0 Å². The summed E-state index contributed by atoms with van der Waals surface area (Å²) in [5, 5.41) is 0. The summed E-state index contributed by atoms with van der Waals surface area (Å²) in [4.78, 5) is 0. The molecule has 151 valence electrons. The Kier molecular flexibility index (Phi) is 12.9. The van der Waals surface area contributed by atoms with Crippen molar-refractivity contribution in [1.29, 1.82) is 0 Å². The predicted octanol–water partition coefficient (Wildman–Crippen LogP) is 9.12. The van der Waals surface area contributed by atoms with Gasteiger partial charge in [0.15, 0.2) is 0 Å². The molecule has 26 heavy (non-hydrogen) atoms. The van der Waals surface area contributed by atoms with Crippen LogP contribution in [0.3, 0.4) is 0 Å².